The molecule has 0 spiro atoms. The molecule has 6 rings (SSSR count). The van der Waals surface area contributed by atoms with Crippen LogP contribution in [0, 0.1) is 17.8 Å². The second-order valence-electron chi connectivity index (χ2n) is 11.8. The SMILES string of the molecule is CC(NS(=O)(=O)c1ccc(NC(=O)C(=O)N2CCN(Cc3nc4ccccc4c(=O)[nH]3)CC2)cc1)C1CC2CCC1C2. The van der Waals surface area contributed by atoms with Gasteiger partial charge >= 0.3 is 11.8 Å². The number of aromatic amines is 1. The number of carbonyl (C=O) groups is 2. The fraction of sp³-hybridized carbons (Fsp3) is 0.467. The van der Waals surface area contributed by atoms with E-state index in [1.165, 1.54) is 48.4 Å². The van der Waals surface area contributed by atoms with Crippen molar-refractivity contribution in [1.82, 2.24) is 24.5 Å². The van der Waals surface area contributed by atoms with Crippen molar-refractivity contribution in [3.63, 3.8) is 0 Å². The Morgan fingerprint density at radius 3 is 2.45 bits per heavy atom. The molecular formula is C30H36N6O5S. The first-order valence-electron chi connectivity index (χ1n) is 14.6. The number of sulfonamides is 1. The van der Waals surface area contributed by atoms with Gasteiger partial charge in [0.15, 0.2) is 0 Å². The van der Waals surface area contributed by atoms with E-state index in [0.717, 1.165) is 12.3 Å². The quantitative estimate of drug-likeness (QED) is 0.357. The third kappa shape index (κ3) is 5.97. The van der Waals surface area contributed by atoms with E-state index in [4.69, 9.17) is 0 Å². The molecule has 1 aromatic heterocycles. The molecule has 0 radical (unpaired) electrons. The summed E-state index contributed by atoms with van der Waals surface area (Å²) in [5.41, 5.74) is 0.792. The number of benzene rings is 2. The van der Waals surface area contributed by atoms with Crippen LogP contribution in [0.3, 0.4) is 0 Å². The average Bonchev–Trinajstić information content (AvgIpc) is 3.62. The minimum Gasteiger partial charge on any atom is -0.332 e. The molecule has 1 aliphatic heterocycles. The van der Waals surface area contributed by atoms with Crippen molar-refractivity contribution < 1.29 is 18.0 Å². The van der Waals surface area contributed by atoms with E-state index in [0.29, 0.717) is 67.0 Å². The smallest absolute Gasteiger partial charge is 0.313 e. The summed E-state index contributed by atoms with van der Waals surface area (Å²) in [7, 11) is -3.70. The third-order valence-electron chi connectivity index (χ3n) is 9.09. The summed E-state index contributed by atoms with van der Waals surface area (Å²) in [6, 6.07) is 12.9. The lowest BCUT2D eigenvalue weighted by Crippen LogP contribution is -2.51. The average molecular weight is 593 g/mol. The summed E-state index contributed by atoms with van der Waals surface area (Å²) in [5, 5.41) is 3.13. The Morgan fingerprint density at radius 1 is 1.02 bits per heavy atom. The minimum absolute atomic E-state index is 0.125. The van der Waals surface area contributed by atoms with Crippen LogP contribution in [-0.4, -0.2) is 72.2 Å². The second kappa shape index (κ2) is 11.6. The highest BCUT2D eigenvalue weighted by atomic mass is 32.2. The van der Waals surface area contributed by atoms with E-state index in [1.807, 2.05) is 13.0 Å². The van der Waals surface area contributed by atoms with Crippen LogP contribution in [0.25, 0.3) is 10.9 Å². The van der Waals surface area contributed by atoms with E-state index in [2.05, 4.69) is 24.9 Å². The number of anilines is 1. The van der Waals surface area contributed by atoms with Gasteiger partial charge in [-0.25, -0.2) is 18.1 Å². The van der Waals surface area contributed by atoms with E-state index < -0.39 is 21.8 Å². The van der Waals surface area contributed by atoms with Gasteiger partial charge < -0.3 is 15.2 Å². The van der Waals surface area contributed by atoms with Crippen molar-refractivity contribution in [2.24, 2.45) is 17.8 Å². The van der Waals surface area contributed by atoms with E-state index in [1.54, 1.807) is 18.2 Å². The largest absolute Gasteiger partial charge is 0.332 e. The van der Waals surface area contributed by atoms with E-state index in [9.17, 15) is 22.8 Å². The summed E-state index contributed by atoms with van der Waals surface area (Å²) >= 11 is 0. The molecule has 2 bridgehead atoms. The van der Waals surface area contributed by atoms with Gasteiger partial charge in [0.2, 0.25) is 10.0 Å². The first-order valence-corrected chi connectivity index (χ1v) is 16.1. The van der Waals surface area contributed by atoms with Gasteiger partial charge in [-0.3, -0.25) is 19.3 Å². The molecule has 4 unspecified atom stereocenters. The standard InChI is InChI=1S/C30H36N6O5S/c1-19(25-17-20-6-7-21(25)16-20)34-42(40,41)23-10-8-22(9-11-23)31-29(38)30(39)36-14-12-35(13-15-36)18-27-32-26-5-3-2-4-24(26)28(37)33-27/h2-5,8-11,19-21,25,34H,6-7,12-18H2,1H3,(H,31,38)(H,32,33,37). The van der Waals surface area contributed by atoms with Crippen LogP contribution in [-0.2, 0) is 26.2 Å². The first kappa shape index (κ1) is 28.5. The molecule has 2 amide bonds. The van der Waals surface area contributed by atoms with Crippen LogP contribution >= 0.6 is 0 Å². The predicted octanol–water partition coefficient (Wildman–Crippen LogP) is 2.31. The number of rotatable bonds is 7. The normalized spacial score (nSPS) is 23.3. The molecule has 3 aliphatic rings. The van der Waals surface area contributed by atoms with E-state index >= 15 is 0 Å². The lowest BCUT2D eigenvalue weighted by Gasteiger charge is -2.34. The van der Waals surface area contributed by atoms with Crippen molar-refractivity contribution >= 4 is 38.4 Å². The number of amides is 2. The van der Waals surface area contributed by atoms with Gasteiger partial charge in [0, 0.05) is 37.9 Å². The number of hydrogen-bond donors (Lipinski definition) is 3. The summed E-state index contributed by atoms with van der Waals surface area (Å²) in [5.74, 6) is 0.854. The maximum atomic E-state index is 13.0. The number of H-pyrrole nitrogens is 1. The maximum absolute atomic E-state index is 13.0. The second-order valence-corrected chi connectivity index (χ2v) is 13.5. The molecule has 222 valence electrons. The number of piperazine rings is 1. The zero-order valence-corrected chi connectivity index (χ0v) is 24.4. The van der Waals surface area contributed by atoms with Gasteiger partial charge in [-0.05, 0) is 80.3 Å². The zero-order valence-electron chi connectivity index (χ0n) is 23.6. The molecule has 42 heavy (non-hydrogen) atoms. The number of carbonyl (C=O) groups excluding carboxylic acids is 2. The monoisotopic (exact) mass is 592 g/mol. The molecule has 3 fully saturated rings. The molecule has 11 nitrogen and oxygen atoms in total. The molecule has 3 N–H and O–H groups in total. The highest BCUT2D eigenvalue weighted by Crippen LogP contribution is 2.49. The lowest BCUT2D eigenvalue weighted by molar-refractivity contribution is -0.144. The minimum atomic E-state index is -3.70. The number of nitrogens with one attached hydrogen (secondary N) is 3. The Hall–Kier alpha value is -3.61. The number of nitrogens with zero attached hydrogens (tertiary/aromatic N) is 3. The molecule has 2 aromatic carbocycles. The van der Waals surface area contributed by atoms with Crippen LogP contribution in [0.5, 0.6) is 0 Å². The maximum Gasteiger partial charge on any atom is 0.313 e. The molecule has 2 aliphatic carbocycles. The van der Waals surface area contributed by atoms with Gasteiger partial charge in [0.25, 0.3) is 5.56 Å². The lowest BCUT2D eigenvalue weighted by atomic mass is 9.84. The third-order valence-corrected chi connectivity index (χ3v) is 10.7. The highest BCUT2D eigenvalue weighted by Gasteiger charge is 2.42. The molecule has 2 saturated carbocycles. The van der Waals surface area contributed by atoms with Gasteiger partial charge in [-0.15, -0.1) is 0 Å². The van der Waals surface area contributed by atoms with Gasteiger partial charge in [-0.1, -0.05) is 18.6 Å². The highest BCUT2D eigenvalue weighted by molar-refractivity contribution is 7.89. The van der Waals surface area contributed by atoms with E-state index in [-0.39, 0.29) is 16.5 Å². The number of fused-ring (bicyclic) bond motifs is 3. The van der Waals surface area contributed by atoms with Crippen LogP contribution in [0.15, 0.2) is 58.2 Å². The van der Waals surface area contributed by atoms with Crippen molar-refractivity contribution in [3.8, 4) is 0 Å². The van der Waals surface area contributed by atoms with Gasteiger partial charge in [0.1, 0.15) is 5.82 Å². The predicted molar refractivity (Wildman–Crippen MR) is 158 cm³/mol. The van der Waals surface area contributed by atoms with Crippen molar-refractivity contribution in [2.75, 3.05) is 31.5 Å². The Morgan fingerprint density at radius 2 is 1.76 bits per heavy atom. The summed E-state index contributed by atoms with van der Waals surface area (Å²) in [6.07, 6.45) is 4.75. The molecular weight excluding hydrogens is 556 g/mol. The van der Waals surface area contributed by atoms with Crippen molar-refractivity contribution in [1.29, 1.82) is 0 Å². The van der Waals surface area contributed by atoms with Crippen LogP contribution in [0.1, 0.15) is 38.4 Å². The Bertz CT molecular complexity index is 1650. The number of aromatic nitrogens is 2. The Labute approximate surface area is 244 Å². The molecule has 12 heteroatoms. The molecule has 1 saturated heterocycles. The van der Waals surface area contributed by atoms with Crippen LogP contribution < -0.4 is 15.6 Å². The fourth-order valence-corrected chi connectivity index (χ4v) is 8.18. The molecule has 4 atom stereocenters. The number of hydrogen-bond acceptors (Lipinski definition) is 7. The molecule has 2 heterocycles. The van der Waals surface area contributed by atoms with Crippen molar-refractivity contribution in [3.05, 3.63) is 64.7 Å². The Balaban J connectivity index is 0.993. The molecule has 3 aromatic rings. The fourth-order valence-electron chi connectivity index (χ4n) is 6.88. The zero-order chi connectivity index (χ0) is 29.4. The summed E-state index contributed by atoms with van der Waals surface area (Å²) < 4.78 is 28.8. The van der Waals surface area contributed by atoms with Crippen LogP contribution in [0.2, 0.25) is 0 Å². The van der Waals surface area contributed by atoms with Crippen LogP contribution in [0.4, 0.5) is 5.69 Å². The number of para-hydroxylation sites is 1. The van der Waals surface area contributed by atoms with Gasteiger partial charge in [0.05, 0.1) is 22.3 Å². The van der Waals surface area contributed by atoms with Crippen molar-refractivity contribution in [2.45, 2.75) is 50.1 Å². The summed E-state index contributed by atoms with van der Waals surface area (Å²) in [6.45, 7) is 4.13. The van der Waals surface area contributed by atoms with Gasteiger partial charge in [-0.2, -0.15) is 0 Å². The first-order chi connectivity index (χ1) is 20.2. The topological polar surface area (TPSA) is 145 Å². The Kier molecular flexibility index (Phi) is 7.86. The summed E-state index contributed by atoms with van der Waals surface area (Å²) in [4.78, 5) is 48.9.